The molecule has 0 fully saturated rings. The highest BCUT2D eigenvalue weighted by molar-refractivity contribution is 8.00. The van der Waals surface area contributed by atoms with E-state index in [4.69, 9.17) is 0 Å². The number of rotatable bonds is 4. The SMILES string of the molecule is Cc1nc(C)c(C#N)c(SCC(=O)N(C)c2ccccc2)n1. The standard InChI is InChI=1S/C16H16N4OS/c1-11-14(9-17)16(19-12(2)18-11)22-10-15(21)20(3)13-7-5-4-6-8-13/h4-8H,10H2,1-3H3. The fourth-order valence-corrected chi connectivity index (χ4v) is 2.93. The van der Waals surface area contributed by atoms with Crippen molar-refractivity contribution < 1.29 is 4.79 Å². The van der Waals surface area contributed by atoms with Crippen LogP contribution in [0.1, 0.15) is 17.1 Å². The molecular weight excluding hydrogens is 296 g/mol. The monoisotopic (exact) mass is 312 g/mol. The predicted octanol–water partition coefficient (Wildman–Crippen LogP) is 2.72. The van der Waals surface area contributed by atoms with Gasteiger partial charge in [0.25, 0.3) is 0 Å². The summed E-state index contributed by atoms with van der Waals surface area (Å²) in [7, 11) is 1.74. The van der Waals surface area contributed by atoms with Crippen LogP contribution in [-0.2, 0) is 4.79 Å². The van der Waals surface area contributed by atoms with Crippen LogP contribution in [0.4, 0.5) is 5.69 Å². The first kappa shape index (κ1) is 16.0. The molecular formula is C16H16N4OS. The molecule has 0 bridgehead atoms. The summed E-state index contributed by atoms with van der Waals surface area (Å²) in [4.78, 5) is 22.3. The third kappa shape index (κ3) is 3.62. The van der Waals surface area contributed by atoms with Gasteiger partial charge in [0, 0.05) is 12.7 Å². The molecule has 1 heterocycles. The van der Waals surface area contributed by atoms with E-state index in [9.17, 15) is 10.1 Å². The van der Waals surface area contributed by atoms with E-state index >= 15 is 0 Å². The number of nitrogens with zero attached hydrogens (tertiary/aromatic N) is 4. The topological polar surface area (TPSA) is 69.9 Å². The molecule has 22 heavy (non-hydrogen) atoms. The maximum absolute atomic E-state index is 12.3. The van der Waals surface area contributed by atoms with Gasteiger partial charge in [0.05, 0.1) is 11.4 Å². The van der Waals surface area contributed by atoms with Gasteiger partial charge in [-0.3, -0.25) is 4.79 Å². The zero-order chi connectivity index (χ0) is 16.1. The molecule has 0 aliphatic rings. The lowest BCUT2D eigenvalue weighted by molar-refractivity contribution is -0.115. The molecule has 112 valence electrons. The van der Waals surface area contributed by atoms with Gasteiger partial charge in [-0.1, -0.05) is 30.0 Å². The van der Waals surface area contributed by atoms with Crippen LogP contribution in [0.25, 0.3) is 0 Å². The van der Waals surface area contributed by atoms with Crippen molar-refractivity contribution in [2.45, 2.75) is 18.9 Å². The molecule has 0 saturated carbocycles. The Morgan fingerprint density at radius 2 is 1.95 bits per heavy atom. The Hall–Kier alpha value is -2.39. The van der Waals surface area contributed by atoms with Gasteiger partial charge in [0.1, 0.15) is 22.5 Å². The number of para-hydroxylation sites is 1. The van der Waals surface area contributed by atoms with Crippen LogP contribution in [0.15, 0.2) is 35.4 Å². The lowest BCUT2D eigenvalue weighted by Crippen LogP contribution is -2.27. The third-order valence-corrected chi connectivity index (χ3v) is 4.09. The van der Waals surface area contributed by atoms with Crippen molar-refractivity contribution in [3.8, 4) is 6.07 Å². The van der Waals surface area contributed by atoms with Crippen LogP contribution in [0.2, 0.25) is 0 Å². The van der Waals surface area contributed by atoms with E-state index in [-0.39, 0.29) is 11.7 Å². The Balaban J connectivity index is 2.11. The van der Waals surface area contributed by atoms with E-state index in [0.29, 0.717) is 22.1 Å². The largest absolute Gasteiger partial charge is 0.315 e. The molecule has 0 aliphatic carbocycles. The maximum atomic E-state index is 12.3. The Bertz CT molecular complexity index is 725. The van der Waals surface area contributed by atoms with E-state index < -0.39 is 0 Å². The number of aryl methyl sites for hydroxylation is 2. The van der Waals surface area contributed by atoms with Crippen molar-refractivity contribution in [2.24, 2.45) is 0 Å². The minimum atomic E-state index is -0.0472. The Morgan fingerprint density at radius 3 is 2.59 bits per heavy atom. The first-order valence-electron chi connectivity index (χ1n) is 6.72. The summed E-state index contributed by atoms with van der Waals surface area (Å²) < 4.78 is 0. The Morgan fingerprint density at radius 1 is 1.27 bits per heavy atom. The molecule has 1 aromatic carbocycles. The molecule has 0 saturated heterocycles. The van der Waals surface area contributed by atoms with Gasteiger partial charge >= 0.3 is 0 Å². The molecule has 0 atom stereocenters. The summed E-state index contributed by atoms with van der Waals surface area (Å²) in [6.45, 7) is 3.55. The first-order valence-corrected chi connectivity index (χ1v) is 7.71. The second-order valence-electron chi connectivity index (χ2n) is 4.73. The molecule has 5 nitrogen and oxygen atoms in total. The molecule has 0 unspecified atom stereocenters. The normalized spacial score (nSPS) is 10.1. The average Bonchev–Trinajstić information content (AvgIpc) is 2.52. The predicted molar refractivity (Wildman–Crippen MR) is 86.8 cm³/mol. The van der Waals surface area contributed by atoms with E-state index in [1.807, 2.05) is 30.3 Å². The second-order valence-corrected chi connectivity index (χ2v) is 5.69. The number of amides is 1. The van der Waals surface area contributed by atoms with Crippen LogP contribution < -0.4 is 4.90 Å². The van der Waals surface area contributed by atoms with Crippen LogP contribution in [0.3, 0.4) is 0 Å². The van der Waals surface area contributed by atoms with Gasteiger partial charge in [-0.15, -0.1) is 0 Å². The fourth-order valence-electron chi connectivity index (χ4n) is 1.94. The number of benzene rings is 1. The summed E-state index contributed by atoms with van der Waals surface area (Å²) in [6.07, 6.45) is 0. The van der Waals surface area contributed by atoms with Crippen LogP contribution >= 0.6 is 11.8 Å². The highest BCUT2D eigenvalue weighted by atomic mass is 32.2. The molecule has 6 heteroatoms. The smallest absolute Gasteiger partial charge is 0.237 e. The minimum Gasteiger partial charge on any atom is -0.315 e. The Kier molecular flexibility index (Phi) is 5.12. The lowest BCUT2D eigenvalue weighted by atomic mass is 10.3. The van der Waals surface area contributed by atoms with Crippen molar-refractivity contribution in [3.63, 3.8) is 0 Å². The molecule has 0 aliphatic heterocycles. The van der Waals surface area contributed by atoms with Crippen molar-refractivity contribution in [1.29, 1.82) is 5.26 Å². The molecule has 1 amide bonds. The van der Waals surface area contributed by atoms with E-state index in [1.165, 1.54) is 11.8 Å². The molecule has 0 spiro atoms. The summed E-state index contributed by atoms with van der Waals surface area (Å²) in [5.74, 6) is 0.771. The summed E-state index contributed by atoms with van der Waals surface area (Å²) in [6, 6.07) is 11.5. The fraction of sp³-hybridized carbons (Fsp3) is 0.250. The highest BCUT2D eigenvalue weighted by Gasteiger charge is 2.15. The van der Waals surface area contributed by atoms with Crippen molar-refractivity contribution in [1.82, 2.24) is 9.97 Å². The minimum absolute atomic E-state index is 0.0472. The number of thioether (sulfide) groups is 1. The number of carbonyl (C=O) groups is 1. The number of nitriles is 1. The maximum Gasteiger partial charge on any atom is 0.237 e. The number of carbonyl (C=O) groups excluding carboxylic acids is 1. The number of anilines is 1. The zero-order valence-electron chi connectivity index (χ0n) is 12.7. The van der Waals surface area contributed by atoms with Gasteiger partial charge < -0.3 is 4.90 Å². The summed E-state index contributed by atoms with van der Waals surface area (Å²) >= 11 is 1.27. The number of aromatic nitrogens is 2. The molecule has 2 rings (SSSR count). The van der Waals surface area contributed by atoms with Gasteiger partial charge in [-0.05, 0) is 26.0 Å². The summed E-state index contributed by atoms with van der Waals surface area (Å²) in [5.41, 5.74) is 1.91. The van der Waals surface area contributed by atoms with Gasteiger partial charge in [-0.2, -0.15) is 5.26 Å². The van der Waals surface area contributed by atoms with Gasteiger partial charge in [-0.25, -0.2) is 9.97 Å². The molecule has 2 aromatic rings. The van der Waals surface area contributed by atoms with Gasteiger partial charge in [0.15, 0.2) is 0 Å². The van der Waals surface area contributed by atoms with E-state index in [0.717, 1.165) is 5.69 Å². The zero-order valence-corrected chi connectivity index (χ0v) is 13.5. The van der Waals surface area contributed by atoms with Crippen molar-refractivity contribution in [3.05, 3.63) is 47.4 Å². The number of hydrogen-bond donors (Lipinski definition) is 0. The molecule has 0 radical (unpaired) electrons. The van der Waals surface area contributed by atoms with Crippen molar-refractivity contribution in [2.75, 3.05) is 17.7 Å². The van der Waals surface area contributed by atoms with Crippen LogP contribution in [-0.4, -0.2) is 28.7 Å². The highest BCUT2D eigenvalue weighted by Crippen LogP contribution is 2.23. The number of hydrogen-bond acceptors (Lipinski definition) is 5. The van der Waals surface area contributed by atoms with E-state index in [1.54, 1.807) is 25.8 Å². The third-order valence-electron chi connectivity index (χ3n) is 3.13. The lowest BCUT2D eigenvalue weighted by Gasteiger charge is -2.17. The Labute approximate surface area is 134 Å². The second kappa shape index (κ2) is 7.05. The first-order chi connectivity index (χ1) is 10.5. The molecule has 0 N–H and O–H groups in total. The van der Waals surface area contributed by atoms with Crippen LogP contribution in [0.5, 0.6) is 0 Å². The average molecular weight is 312 g/mol. The molecule has 1 aromatic heterocycles. The van der Waals surface area contributed by atoms with E-state index in [2.05, 4.69) is 16.0 Å². The van der Waals surface area contributed by atoms with Gasteiger partial charge in [0.2, 0.25) is 5.91 Å². The van der Waals surface area contributed by atoms with Crippen molar-refractivity contribution >= 4 is 23.4 Å². The summed E-state index contributed by atoms with van der Waals surface area (Å²) in [5, 5.41) is 9.76. The quantitative estimate of drug-likeness (QED) is 0.641. The van der Waals surface area contributed by atoms with Crippen LogP contribution in [0, 0.1) is 25.2 Å².